The van der Waals surface area contributed by atoms with Crippen LogP contribution in [0, 0.1) is 5.41 Å². The third kappa shape index (κ3) is 1.65. The van der Waals surface area contributed by atoms with Crippen LogP contribution in [0.5, 0.6) is 0 Å². The highest BCUT2D eigenvalue weighted by atomic mass is 14.5. The van der Waals surface area contributed by atoms with Gasteiger partial charge in [0.15, 0.2) is 0 Å². The average molecular weight is 244 g/mol. The maximum Gasteiger partial charge on any atom is 0.000678 e. The van der Waals surface area contributed by atoms with Gasteiger partial charge >= 0.3 is 0 Å². The van der Waals surface area contributed by atoms with E-state index in [-0.39, 0.29) is 0 Å². The van der Waals surface area contributed by atoms with Crippen LogP contribution in [0.25, 0.3) is 0 Å². The molecule has 0 unspecified atom stereocenters. The van der Waals surface area contributed by atoms with Crippen LogP contribution in [0.15, 0.2) is 24.3 Å². The van der Waals surface area contributed by atoms with Crippen LogP contribution in [-0.2, 0) is 11.8 Å². The smallest absolute Gasteiger partial charge is 0.000678 e. The topological polar surface area (TPSA) is 0 Å². The van der Waals surface area contributed by atoms with Crippen molar-refractivity contribution in [3.8, 4) is 0 Å². The average Bonchev–Trinajstić information content (AvgIpc) is 2.46. The van der Waals surface area contributed by atoms with Crippen LogP contribution in [0.4, 0.5) is 0 Å². The summed E-state index contributed by atoms with van der Waals surface area (Å²) in [5.41, 5.74) is 4.19. The molecule has 0 saturated carbocycles. The van der Waals surface area contributed by atoms with E-state index in [2.05, 4.69) is 52.0 Å². The van der Waals surface area contributed by atoms with Crippen molar-refractivity contribution in [1.82, 2.24) is 0 Å². The molecule has 0 amide bonds. The molecule has 2 rings (SSSR count). The summed E-state index contributed by atoms with van der Waals surface area (Å²) in [6.07, 6.45) is 7.85. The lowest BCUT2D eigenvalue weighted by molar-refractivity contribution is 0.0651. The van der Waals surface area contributed by atoms with Gasteiger partial charge in [-0.1, -0.05) is 52.0 Å². The van der Waals surface area contributed by atoms with E-state index < -0.39 is 0 Å². The standard InChI is InChI=1S/C18H28/c1-5-17(6-2)14-13-15-11-9-10-12-16(15)18(17,7-3)8-4/h9-12H,5-8,13-14H2,1-4H3. The highest BCUT2D eigenvalue weighted by molar-refractivity contribution is 5.39. The van der Waals surface area contributed by atoms with E-state index in [1.54, 1.807) is 11.1 Å². The first-order valence-electron chi connectivity index (χ1n) is 7.78. The molecule has 18 heavy (non-hydrogen) atoms. The fourth-order valence-electron chi connectivity index (χ4n) is 4.77. The third-order valence-corrected chi connectivity index (χ3v) is 5.98. The van der Waals surface area contributed by atoms with Crippen molar-refractivity contribution in [2.45, 2.75) is 71.6 Å². The van der Waals surface area contributed by atoms with Crippen LogP contribution in [0.2, 0.25) is 0 Å². The molecular formula is C18H28. The Labute approximate surface area is 113 Å². The molecule has 0 fully saturated rings. The van der Waals surface area contributed by atoms with Gasteiger partial charge in [-0.05, 0) is 55.1 Å². The number of aryl methyl sites for hydroxylation is 1. The lowest BCUT2D eigenvalue weighted by atomic mass is 9.50. The van der Waals surface area contributed by atoms with Crippen molar-refractivity contribution in [3.63, 3.8) is 0 Å². The molecule has 1 aliphatic rings. The molecule has 0 atom stereocenters. The zero-order valence-corrected chi connectivity index (χ0v) is 12.6. The second kappa shape index (κ2) is 5.07. The number of rotatable bonds is 4. The lowest BCUT2D eigenvalue weighted by Crippen LogP contribution is -2.48. The molecule has 0 radical (unpaired) electrons. The molecule has 0 aliphatic heterocycles. The maximum atomic E-state index is 2.40. The second-order valence-electron chi connectivity index (χ2n) is 5.93. The van der Waals surface area contributed by atoms with Gasteiger partial charge in [0.2, 0.25) is 0 Å². The van der Waals surface area contributed by atoms with Crippen molar-refractivity contribution in [2.24, 2.45) is 5.41 Å². The summed E-state index contributed by atoms with van der Waals surface area (Å²) in [6, 6.07) is 9.20. The second-order valence-corrected chi connectivity index (χ2v) is 5.93. The minimum Gasteiger partial charge on any atom is -0.0648 e. The van der Waals surface area contributed by atoms with Gasteiger partial charge in [-0.3, -0.25) is 0 Å². The van der Waals surface area contributed by atoms with Gasteiger partial charge in [0.1, 0.15) is 0 Å². The summed E-state index contributed by atoms with van der Waals surface area (Å²) in [5.74, 6) is 0. The molecular weight excluding hydrogens is 216 g/mol. The van der Waals surface area contributed by atoms with Crippen molar-refractivity contribution < 1.29 is 0 Å². The minimum atomic E-state index is 0.408. The molecule has 0 bridgehead atoms. The molecule has 0 saturated heterocycles. The molecule has 0 nitrogen and oxygen atoms in total. The Bertz CT molecular complexity index is 394. The van der Waals surface area contributed by atoms with Crippen molar-refractivity contribution in [3.05, 3.63) is 35.4 Å². The monoisotopic (exact) mass is 244 g/mol. The molecule has 0 N–H and O–H groups in total. The zero-order chi connectivity index (χ0) is 13.2. The Morgan fingerprint density at radius 1 is 0.889 bits per heavy atom. The molecule has 1 aromatic carbocycles. The molecule has 0 heteroatoms. The number of hydrogen-bond acceptors (Lipinski definition) is 0. The van der Waals surface area contributed by atoms with E-state index in [1.807, 2.05) is 0 Å². The molecule has 100 valence electrons. The lowest BCUT2D eigenvalue weighted by Gasteiger charge is -2.54. The van der Waals surface area contributed by atoms with Gasteiger partial charge < -0.3 is 0 Å². The predicted octanol–water partition coefficient (Wildman–Crippen LogP) is 5.50. The molecule has 0 spiro atoms. The molecule has 1 aromatic rings. The number of fused-ring (bicyclic) bond motifs is 1. The molecule has 0 heterocycles. The molecule has 1 aliphatic carbocycles. The van der Waals surface area contributed by atoms with Crippen molar-refractivity contribution in [1.29, 1.82) is 0 Å². The normalized spacial score (nSPS) is 20.4. The van der Waals surface area contributed by atoms with Crippen LogP contribution < -0.4 is 0 Å². The van der Waals surface area contributed by atoms with Gasteiger partial charge in [-0.2, -0.15) is 0 Å². The highest BCUT2D eigenvalue weighted by Gasteiger charge is 2.50. The summed E-state index contributed by atoms with van der Waals surface area (Å²) in [6.45, 7) is 9.59. The van der Waals surface area contributed by atoms with Crippen LogP contribution in [0.3, 0.4) is 0 Å². The van der Waals surface area contributed by atoms with Gasteiger partial charge in [0, 0.05) is 5.41 Å². The Morgan fingerprint density at radius 3 is 2.06 bits per heavy atom. The van der Waals surface area contributed by atoms with E-state index in [4.69, 9.17) is 0 Å². The highest BCUT2D eigenvalue weighted by Crippen LogP contribution is 2.57. The summed E-state index contributed by atoms with van der Waals surface area (Å²) < 4.78 is 0. The fraction of sp³-hybridized carbons (Fsp3) is 0.667. The van der Waals surface area contributed by atoms with E-state index >= 15 is 0 Å². The van der Waals surface area contributed by atoms with Gasteiger partial charge in [-0.25, -0.2) is 0 Å². The quantitative estimate of drug-likeness (QED) is 0.656. The summed E-state index contributed by atoms with van der Waals surface area (Å²) in [7, 11) is 0. The first kappa shape index (κ1) is 13.6. The largest absolute Gasteiger partial charge is 0.0648 e. The number of hydrogen-bond donors (Lipinski definition) is 0. The first-order chi connectivity index (χ1) is 8.69. The van der Waals surface area contributed by atoms with Crippen LogP contribution >= 0.6 is 0 Å². The number of benzene rings is 1. The van der Waals surface area contributed by atoms with Gasteiger partial charge in [-0.15, -0.1) is 0 Å². The fourth-order valence-corrected chi connectivity index (χ4v) is 4.77. The SMILES string of the molecule is CCC1(CC)CCc2ccccc2C1(CC)CC. The summed E-state index contributed by atoms with van der Waals surface area (Å²) in [4.78, 5) is 0. The van der Waals surface area contributed by atoms with Gasteiger partial charge in [0.05, 0.1) is 0 Å². The van der Waals surface area contributed by atoms with E-state index in [1.165, 1.54) is 38.5 Å². The van der Waals surface area contributed by atoms with E-state index in [9.17, 15) is 0 Å². The molecule has 0 aromatic heterocycles. The summed E-state index contributed by atoms with van der Waals surface area (Å²) >= 11 is 0. The Hall–Kier alpha value is -0.780. The third-order valence-electron chi connectivity index (χ3n) is 5.98. The van der Waals surface area contributed by atoms with Gasteiger partial charge in [0.25, 0.3) is 0 Å². The van der Waals surface area contributed by atoms with Crippen molar-refractivity contribution in [2.75, 3.05) is 0 Å². The zero-order valence-electron chi connectivity index (χ0n) is 12.6. The minimum absolute atomic E-state index is 0.408. The Kier molecular flexibility index (Phi) is 3.84. The Morgan fingerprint density at radius 2 is 1.50 bits per heavy atom. The maximum absolute atomic E-state index is 2.40. The van der Waals surface area contributed by atoms with Crippen LogP contribution in [0.1, 0.15) is 70.9 Å². The Balaban J connectivity index is 2.63. The van der Waals surface area contributed by atoms with Crippen molar-refractivity contribution >= 4 is 0 Å². The predicted molar refractivity (Wildman–Crippen MR) is 80.0 cm³/mol. The summed E-state index contributed by atoms with van der Waals surface area (Å²) in [5, 5.41) is 0. The van der Waals surface area contributed by atoms with Crippen LogP contribution in [-0.4, -0.2) is 0 Å². The van der Waals surface area contributed by atoms with E-state index in [0.29, 0.717) is 10.8 Å². The van der Waals surface area contributed by atoms with E-state index in [0.717, 1.165) is 0 Å². The first-order valence-corrected chi connectivity index (χ1v) is 7.78.